The lowest BCUT2D eigenvalue weighted by atomic mass is 9.91. The van der Waals surface area contributed by atoms with Gasteiger partial charge >= 0.3 is 0 Å². The molecule has 2 rings (SSSR count). The summed E-state index contributed by atoms with van der Waals surface area (Å²) >= 11 is 0. The Kier molecular flexibility index (Phi) is 4.11. The summed E-state index contributed by atoms with van der Waals surface area (Å²) in [6.45, 7) is 7.34. The van der Waals surface area contributed by atoms with Crippen LogP contribution in [0.3, 0.4) is 0 Å². The van der Waals surface area contributed by atoms with Gasteiger partial charge in [0.2, 0.25) is 0 Å². The van der Waals surface area contributed by atoms with Gasteiger partial charge in [-0.05, 0) is 26.3 Å². The lowest BCUT2D eigenvalue weighted by Crippen LogP contribution is -2.34. The highest BCUT2D eigenvalue weighted by Gasteiger charge is 2.29. The minimum atomic E-state index is -1.43. The molecule has 0 spiro atoms. The minimum absolute atomic E-state index is 0.0778. The summed E-state index contributed by atoms with van der Waals surface area (Å²) in [7, 11) is 1.59. The molecular weight excluding hydrogens is 245 g/mol. The molecule has 0 bridgehead atoms. The summed E-state index contributed by atoms with van der Waals surface area (Å²) in [5.41, 5.74) is 1.16. The Bertz CT molecular complexity index is 448. The quantitative estimate of drug-likeness (QED) is 0.913. The van der Waals surface area contributed by atoms with Crippen molar-refractivity contribution in [2.75, 3.05) is 26.8 Å². The molecule has 19 heavy (non-hydrogen) atoms. The molecule has 1 fully saturated rings. The number of methoxy groups -OCH3 is 1. The second-order valence-corrected chi connectivity index (χ2v) is 5.41. The highest BCUT2D eigenvalue weighted by molar-refractivity contribution is 5.50. The van der Waals surface area contributed by atoms with Crippen LogP contribution < -0.4 is 10.1 Å². The Labute approximate surface area is 114 Å². The zero-order valence-electron chi connectivity index (χ0n) is 12.0. The Hall–Kier alpha value is -1.13. The zero-order valence-corrected chi connectivity index (χ0v) is 12.0. The topological polar surface area (TPSA) is 30.5 Å². The number of rotatable bonds is 3. The van der Waals surface area contributed by atoms with Gasteiger partial charge in [-0.3, -0.25) is 0 Å². The Morgan fingerprint density at radius 3 is 2.68 bits per heavy atom. The van der Waals surface area contributed by atoms with Crippen molar-refractivity contribution < 1.29 is 13.9 Å². The first-order valence-electron chi connectivity index (χ1n) is 6.64. The summed E-state index contributed by atoms with van der Waals surface area (Å²) in [5, 5.41) is 3.30. The number of alkyl halides is 1. The van der Waals surface area contributed by atoms with Gasteiger partial charge in [0.1, 0.15) is 11.4 Å². The molecule has 1 N–H and O–H groups in total. The molecule has 0 saturated carbocycles. The van der Waals surface area contributed by atoms with Crippen LogP contribution in [0, 0.1) is 6.92 Å². The highest BCUT2D eigenvalue weighted by Crippen LogP contribution is 2.40. The fourth-order valence-corrected chi connectivity index (χ4v) is 2.54. The number of hydrogen-bond acceptors (Lipinski definition) is 3. The Morgan fingerprint density at radius 2 is 2.16 bits per heavy atom. The van der Waals surface area contributed by atoms with Gasteiger partial charge in [0.05, 0.1) is 19.8 Å². The summed E-state index contributed by atoms with van der Waals surface area (Å²) in [6.07, 6.45) is -0.0778. The van der Waals surface area contributed by atoms with Crippen LogP contribution in [-0.2, 0) is 10.4 Å². The van der Waals surface area contributed by atoms with Crippen molar-refractivity contribution in [3.63, 3.8) is 0 Å². The van der Waals surface area contributed by atoms with E-state index in [0.29, 0.717) is 17.9 Å². The average molecular weight is 267 g/mol. The minimum Gasteiger partial charge on any atom is -0.496 e. The number of hydrogen-bond donors (Lipinski definition) is 1. The maximum Gasteiger partial charge on any atom is 0.134 e. The predicted octanol–water partition coefficient (Wildman–Crippen LogP) is 2.87. The molecule has 0 aliphatic carbocycles. The van der Waals surface area contributed by atoms with Gasteiger partial charge in [0, 0.05) is 24.2 Å². The van der Waals surface area contributed by atoms with Crippen LogP contribution in [-0.4, -0.2) is 26.8 Å². The molecule has 0 amide bonds. The normalized spacial score (nSPS) is 20.4. The van der Waals surface area contributed by atoms with Crippen molar-refractivity contribution in [1.82, 2.24) is 5.32 Å². The van der Waals surface area contributed by atoms with Crippen LogP contribution >= 0.6 is 0 Å². The Balaban J connectivity index is 2.51. The largest absolute Gasteiger partial charge is 0.496 e. The number of halogens is 1. The van der Waals surface area contributed by atoms with Gasteiger partial charge in [0.15, 0.2) is 0 Å². The smallest absolute Gasteiger partial charge is 0.134 e. The second-order valence-electron chi connectivity index (χ2n) is 5.41. The van der Waals surface area contributed by atoms with E-state index in [1.807, 2.05) is 13.0 Å². The molecule has 1 aromatic rings. The van der Waals surface area contributed by atoms with Crippen LogP contribution in [0.2, 0.25) is 0 Å². The van der Waals surface area contributed by atoms with Crippen molar-refractivity contribution >= 4 is 0 Å². The fourth-order valence-electron chi connectivity index (χ4n) is 2.54. The number of aryl methyl sites for hydroxylation is 1. The number of nitrogens with one attached hydrogen (secondary N) is 1. The lowest BCUT2D eigenvalue weighted by Gasteiger charge is -2.29. The van der Waals surface area contributed by atoms with Crippen molar-refractivity contribution in [1.29, 1.82) is 0 Å². The van der Waals surface area contributed by atoms with Crippen molar-refractivity contribution in [2.45, 2.75) is 32.5 Å². The van der Waals surface area contributed by atoms with E-state index in [1.165, 1.54) is 0 Å². The summed E-state index contributed by atoms with van der Waals surface area (Å²) in [5.74, 6) is 0.612. The van der Waals surface area contributed by atoms with Crippen molar-refractivity contribution in [2.24, 2.45) is 0 Å². The van der Waals surface area contributed by atoms with Gasteiger partial charge in [-0.25, -0.2) is 4.39 Å². The maximum absolute atomic E-state index is 14.3. The van der Waals surface area contributed by atoms with E-state index in [0.717, 1.165) is 24.2 Å². The third-order valence-corrected chi connectivity index (χ3v) is 3.51. The van der Waals surface area contributed by atoms with Crippen LogP contribution in [0.1, 0.15) is 36.6 Å². The van der Waals surface area contributed by atoms with Crippen molar-refractivity contribution in [3.05, 3.63) is 28.8 Å². The second kappa shape index (κ2) is 5.47. The van der Waals surface area contributed by atoms with Gasteiger partial charge in [0.25, 0.3) is 0 Å². The average Bonchev–Trinajstić information content (AvgIpc) is 2.37. The van der Waals surface area contributed by atoms with Crippen molar-refractivity contribution in [3.8, 4) is 5.75 Å². The number of ether oxygens (including phenoxy) is 2. The van der Waals surface area contributed by atoms with Gasteiger partial charge in [-0.2, -0.15) is 0 Å². The molecule has 1 atom stereocenters. The van der Waals surface area contributed by atoms with E-state index in [1.54, 1.807) is 27.0 Å². The maximum atomic E-state index is 14.3. The van der Waals surface area contributed by atoms with Gasteiger partial charge < -0.3 is 14.8 Å². The van der Waals surface area contributed by atoms with E-state index in [9.17, 15) is 4.39 Å². The molecule has 4 heteroatoms. The van der Waals surface area contributed by atoms with E-state index in [4.69, 9.17) is 9.47 Å². The Morgan fingerprint density at radius 1 is 1.42 bits per heavy atom. The first-order chi connectivity index (χ1) is 8.95. The lowest BCUT2D eigenvalue weighted by molar-refractivity contribution is 0.0255. The van der Waals surface area contributed by atoms with Gasteiger partial charge in [-0.1, -0.05) is 12.1 Å². The molecule has 3 nitrogen and oxygen atoms in total. The summed E-state index contributed by atoms with van der Waals surface area (Å²) in [6, 6.07) is 3.74. The summed E-state index contributed by atoms with van der Waals surface area (Å²) < 4.78 is 25.6. The van der Waals surface area contributed by atoms with E-state index < -0.39 is 5.67 Å². The molecule has 0 radical (unpaired) electrons. The standard InChI is InChI=1S/C15H22FNO2/c1-10-5-6-11(15(2,3)16)14(18-4)13(10)12-9-17-7-8-19-12/h5-6,12,17H,7-9H2,1-4H3. The molecule has 106 valence electrons. The van der Waals surface area contributed by atoms with Crippen LogP contribution in [0.4, 0.5) is 4.39 Å². The molecular formula is C15H22FNO2. The molecule has 1 unspecified atom stereocenters. The zero-order chi connectivity index (χ0) is 14.0. The first kappa shape index (κ1) is 14.3. The third-order valence-electron chi connectivity index (χ3n) is 3.51. The van der Waals surface area contributed by atoms with Crippen LogP contribution in [0.15, 0.2) is 12.1 Å². The fraction of sp³-hybridized carbons (Fsp3) is 0.600. The van der Waals surface area contributed by atoms with E-state index in [2.05, 4.69) is 5.32 Å². The third kappa shape index (κ3) is 2.90. The van der Waals surface area contributed by atoms with E-state index >= 15 is 0 Å². The predicted molar refractivity (Wildman–Crippen MR) is 73.4 cm³/mol. The number of morpholine rings is 1. The van der Waals surface area contributed by atoms with E-state index in [-0.39, 0.29) is 6.10 Å². The molecule has 1 aromatic carbocycles. The van der Waals surface area contributed by atoms with Gasteiger partial charge in [-0.15, -0.1) is 0 Å². The highest BCUT2D eigenvalue weighted by atomic mass is 19.1. The monoisotopic (exact) mass is 267 g/mol. The molecule has 1 aliphatic heterocycles. The molecule has 1 heterocycles. The van der Waals surface area contributed by atoms with Crippen LogP contribution in [0.5, 0.6) is 5.75 Å². The number of benzene rings is 1. The SMILES string of the molecule is COc1c(C(C)(C)F)ccc(C)c1C1CNCCO1. The first-order valence-corrected chi connectivity index (χ1v) is 6.64. The molecule has 1 saturated heterocycles. The molecule has 0 aromatic heterocycles. The van der Waals surface area contributed by atoms with Crippen LogP contribution in [0.25, 0.3) is 0 Å². The summed E-state index contributed by atoms with van der Waals surface area (Å²) in [4.78, 5) is 0. The molecule has 1 aliphatic rings.